The molecular weight excluding hydrogens is 434 g/mol. The van der Waals surface area contributed by atoms with E-state index in [-0.39, 0.29) is 0 Å². The van der Waals surface area contributed by atoms with E-state index >= 15 is 0 Å². The Balaban J connectivity index is 1.74. The molecule has 0 atom stereocenters. The number of hydrogen-bond acceptors (Lipinski definition) is 4. The topological polar surface area (TPSA) is 59.3 Å². The Kier molecular flexibility index (Phi) is 8.07. The van der Waals surface area contributed by atoms with Gasteiger partial charge in [-0.25, -0.2) is 4.79 Å². The van der Waals surface area contributed by atoms with Crippen LogP contribution in [0, 0.1) is 11.3 Å². The number of methoxy groups -OCH3 is 1. The SMILES string of the molecule is COc1cc(/C=C(/C#N)c2ccc(Cl)cc2)ccc1OC(=O)/C=C/c1ccc(C(C)C)cc1. The highest BCUT2D eigenvalue weighted by molar-refractivity contribution is 6.30. The number of carbonyl (C=O) groups is 1. The lowest BCUT2D eigenvalue weighted by molar-refractivity contribution is -0.129. The molecule has 0 aliphatic rings. The maximum Gasteiger partial charge on any atom is 0.336 e. The van der Waals surface area contributed by atoms with Crippen molar-refractivity contribution in [2.75, 3.05) is 7.11 Å². The molecule has 0 fully saturated rings. The monoisotopic (exact) mass is 457 g/mol. The first kappa shape index (κ1) is 23.8. The molecule has 0 spiro atoms. The summed E-state index contributed by atoms with van der Waals surface area (Å²) in [5.41, 5.74) is 4.12. The first-order valence-electron chi connectivity index (χ1n) is 10.4. The fourth-order valence-electron chi connectivity index (χ4n) is 3.13. The lowest BCUT2D eigenvalue weighted by Gasteiger charge is -2.09. The molecule has 0 unspecified atom stereocenters. The number of esters is 1. The van der Waals surface area contributed by atoms with E-state index in [4.69, 9.17) is 21.1 Å². The summed E-state index contributed by atoms with van der Waals surface area (Å²) in [7, 11) is 1.50. The minimum absolute atomic E-state index is 0.296. The minimum atomic E-state index is -0.511. The summed E-state index contributed by atoms with van der Waals surface area (Å²) in [5.74, 6) is 0.627. The molecule has 3 rings (SSSR count). The summed E-state index contributed by atoms with van der Waals surface area (Å²) >= 11 is 5.93. The normalized spacial score (nSPS) is 11.5. The van der Waals surface area contributed by atoms with Crippen molar-refractivity contribution < 1.29 is 14.3 Å². The van der Waals surface area contributed by atoms with Crippen LogP contribution in [0.15, 0.2) is 72.8 Å². The van der Waals surface area contributed by atoms with Crippen molar-refractivity contribution in [2.24, 2.45) is 0 Å². The van der Waals surface area contributed by atoms with Gasteiger partial charge in [0.25, 0.3) is 0 Å². The Morgan fingerprint density at radius 3 is 2.24 bits per heavy atom. The van der Waals surface area contributed by atoms with Crippen LogP contribution in [0.5, 0.6) is 11.5 Å². The van der Waals surface area contributed by atoms with Gasteiger partial charge in [-0.15, -0.1) is 0 Å². The van der Waals surface area contributed by atoms with Gasteiger partial charge in [0.05, 0.1) is 18.8 Å². The Bertz CT molecular complexity index is 1220. The van der Waals surface area contributed by atoms with Crippen LogP contribution < -0.4 is 9.47 Å². The summed E-state index contributed by atoms with van der Waals surface area (Å²) < 4.78 is 10.8. The van der Waals surface area contributed by atoms with E-state index in [1.165, 1.54) is 18.7 Å². The zero-order valence-electron chi connectivity index (χ0n) is 18.7. The number of ether oxygens (including phenoxy) is 2. The number of benzene rings is 3. The average molecular weight is 458 g/mol. The minimum Gasteiger partial charge on any atom is -0.493 e. The quantitative estimate of drug-likeness (QED) is 0.124. The number of nitrogens with zero attached hydrogens (tertiary/aromatic N) is 1. The summed E-state index contributed by atoms with van der Waals surface area (Å²) in [5, 5.41) is 10.1. The van der Waals surface area contributed by atoms with Gasteiger partial charge in [-0.2, -0.15) is 5.26 Å². The molecule has 0 aliphatic carbocycles. The van der Waals surface area contributed by atoms with Gasteiger partial charge in [0.1, 0.15) is 0 Å². The van der Waals surface area contributed by atoms with Crippen molar-refractivity contribution in [1.82, 2.24) is 0 Å². The van der Waals surface area contributed by atoms with Crippen molar-refractivity contribution in [3.63, 3.8) is 0 Å². The molecule has 0 heterocycles. The molecule has 0 bridgehead atoms. The first-order valence-corrected chi connectivity index (χ1v) is 10.8. The van der Waals surface area contributed by atoms with Crippen molar-refractivity contribution in [1.29, 1.82) is 5.26 Å². The number of halogens is 1. The van der Waals surface area contributed by atoms with E-state index in [1.807, 2.05) is 24.3 Å². The van der Waals surface area contributed by atoms with Crippen molar-refractivity contribution in [3.05, 3.63) is 100 Å². The molecule has 0 radical (unpaired) electrons. The highest BCUT2D eigenvalue weighted by Gasteiger charge is 2.10. The fraction of sp³-hybridized carbons (Fsp3) is 0.143. The van der Waals surface area contributed by atoms with E-state index < -0.39 is 5.97 Å². The number of rotatable bonds is 7. The molecule has 0 saturated carbocycles. The van der Waals surface area contributed by atoms with Gasteiger partial charge >= 0.3 is 5.97 Å². The lowest BCUT2D eigenvalue weighted by atomic mass is 10.0. The molecule has 4 nitrogen and oxygen atoms in total. The Morgan fingerprint density at radius 1 is 0.970 bits per heavy atom. The first-order chi connectivity index (χ1) is 15.9. The second-order valence-electron chi connectivity index (χ2n) is 7.66. The van der Waals surface area contributed by atoms with Crippen LogP contribution in [0.25, 0.3) is 17.7 Å². The standard InChI is InChI=1S/C28H24ClNO3/c1-19(2)22-8-4-20(5-9-22)7-15-28(31)33-26-14-6-21(17-27(26)32-3)16-24(18-30)23-10-12-25(29)13-11-23/h4-17,19H,1-3H3/b15-7+,24-16-. The Labute approximate surface area is 199 Å². The van der Waals surface area contributed by atoms with Crippen LogP contribution in [-0.2, 0) is 4.79 Å². The summed E-state index contributed by atoms with van der Waals surface area (Å²) in [6.07, 6.45) is 4.82. The van der Waals surface area contributed by atoms with Crippen LogP contribution in [0.2, 0.25) is 5.02 Å². The fourth-order valence-corrected chi connectivity index (χ4v) is 3.26. The maximum atomic E-state index is 12.3. The summed E-state index contributed by atoms with van der Waals surface area (Å²) in [6, 6.07) is 22.4. The van der Waals surface area contributed by atoms with Crippen LogP contribution >= 0.6 is 11.6 Å². The number of carbonyl (C=O) groups excluding carboxylic acids is 1. The predicted molar refractivity (Wildman–Crippen MR) is 133 cm³/mol. The second-order valence-corrected chi connectivity index (χ2v) is 8.10. The van der Waals surface area contributed by atoms with Gasteiger partial charge in [0, 0.05) is 11.1 Å². The molecule has 0 aromatic heterocycles. The van der Waals surface area contributed by atoms with Gasteiger partial charge in [-0.3, -0.25) is 0 Å². The Morgan fingerprint density at radius 2 is 1.64 bits per heavy atom. The molecular formula is C28H24ClNO3. The third-order valence-corrected chi connectivity index (χ3v) is 5.25. The molecule has 5 heteroatoms. The van der Waals surface area contributed by atoms with E-state index in [0.717, 1.165) is 16.7 Å². The van der Waals surface area contributed by atoms with Gasteiger partial charge in [0.2, 0.25) is 0 Å². The van der Waals surface area contributed by atoms with Gasteiger partial charge < -0.3 is 9.47 Å². The highest BCUT2D eigenvalue weighted by atomic mass is 35.5. The highest BCUT2D eigenvalue weighted by Crippen LogP contribution is 2.30. The zero-order valence-corrected chi connectivity index (χ0v) is 19.5. The molecule has 166 valence electrons. The van der Waals surface area contributed by atoms with Crippen LogP contribution in [-0.4, -0.2) is 13.1 Å². The Hall–Kier alpha value is -3.81. The van der Waals surface area contributed by atoms with E-state index in [2.05, 4.69) is 19.9 Å². The second kappa shape index (κ2) is 11.2. The average Bonchev–Trinajstić information content (AvgIpc) is 2.83. The zero-order chi connectivity index (χ0) is 23.8. The number of nitriles is 1. The lowest BCUT2D eigenvalue weighted by Crippen LogP contribution is -2.05. The summed E-state index contributed by atoms with van der Waals surface area (Å²) in [6.45, 7) is 4.27. The molecule has 3 aromatic carbocycles. The number of hydrogen-bond donors (Lipinski definition) is 0. The predicted octanol–water partition coefficient (Wildman–Crippen LogP) is 7.15. The van der Waals surface area contributed by atoms with Gasteiger partial charge in [-0.1, -0.05) is 67.9 Å². The van der Waals surface area contributed by atoms with E-state index in [9.17, 15) is 10.1 Å². The third kappa shape index (κ3) is 6.58. The molecule has 0 N–H and O–H groups in total. The van der Waals surface area contributed by atoms with E-state index in [0.29, 0.717) is 28.0 Å². The maximum absolute atomic E-state index is 12.3. The smallest absolute Gasteiger partial charge is 0.336 e. The van der Waals surface area contributed by atoms with Gasteiger partial charge in [-0.05, 0) is 64.6 Å². The van der Waals surface area contributed by atoms with Crippen LogP contribution in [0.1, 0.15) is 42.0 Å². The summed E-state index contributed by atoms with van der Waals surface area (Å²) in [4.78, 5) is 12.3. The molecule has 0 amide bonds. The van der Waals surface area contributed by atoms with Crippen molar-refractivity contribution >= 4 is 35.3 Å². The largest absolute Gasteiger partial charge is 0.493 e. The molecule has 3 aromatic rings. The van der Waals surface area contributed by atoms with Crippen LogP contribution in [0.3, 0.4) is 0 Å². The van der Waals surface area contributed by atoms with Crippen LogP contribution in [0.4, 0.5) is 0 Å². The molecule has 33 heavy (non-hydrogen) atoms. The third-order valence-electron chi connectivity index (χ3n) is 5.00. The van der Waals surface area contributed by atoms with Gasteiger partial charge in [0.15, 0.2) is 11.5 Å². The van der Waals surface area contributed by atoms with Crippen molar-refractivity contribution in [3.8, 4) is 17.6 Å². The van der Waals surface area contributed by atoms with E-state index in [1.54, 1.807) is 54.6 Å². The number of allylic oxidation sites excluding steroid dienone is 1. The molecule has 0 aliphatic heterocycles. The molecule has 0 saturated heterocycles. The van der Waals surface area contributed by atoms with Crippen molar-refractivity contribution in [2.45, 2.75) is 19.8 Å².